The Morgan fingerprint density at radius 2 is 2.20 bits per heavy atom. The van der Waals surface area contributed by atoms with Gasteiger partial charge >= 0.3 is 0 Å². The summed E-state index contributed by atoms with van der Waals surface area (Å²) in [5.41, 5.74) is 3.19. The lowest BCUT2D eigenvalue weighted by Crippen LogP contribution is -2.00. The fraction of sp³-hybridized carbons (Fsp3) is 0.308. The lowest BCUT2D eigenvalue weighted by molar-refractivity contribution is 0.641. The SMILES string of the molecule is ClCCCc1cn(Cc2csc(-c3ccsc3)n2)nn1. The Morgan fingerprint density at radius 1 is 1.25 bits per heavy atom. The Bertz CT molecular complexity index is 660. The van der Waals surface area contributed by atoms with Crippen molar-refractivity contribution in [2.75, 3.05) is 5.88 Å². The molecule has 0 atom stereocenters. The summed E-state index contributed by atoms with van der Waals surface area (Å²) in [5.74, 6) is 0.656. The zero-order valence-electron chi connectivity index (χ0n) is 10.7. The molecule has 104 valence electrons. The van der Waals surface area contributed by atoms with E-state index in [4.69, 9.17) is 11.6 Å². The third-order valence-electron chi connectivity index (χ3n) is 2.80. The molecule has 7 heteroatoms. The largest absolute Gasteiger partial charge is 0.246 e. The van der Waals surface area contributed by atoms with Crippen LogP contribution in [0, 0.1) is 0 Å². The van der Waals surface area contributed by atoms with Gasteiger partial charge in [-0.3, -0.25) is 0 Å². The lowest BCUT2D eigenvalue weighted by Gasteiger charge is -1.95. The van der Waals surface area contributed by atoms with Gasteiger partial charge in [-0.15, -0.1) is 28.0 Å². The molecule has 3 heterocycles. The van der Waals surface area contributed by atoms with Crippen molar-refractivity contribution in [3.05, 3.63) is 39.8 Å². The average molecular weight is 325 g/mol. The number of hydrogen-bond acceptors (Lipinski definition) is 5. The monoisotopic (exact) mass is 324 g/mol. The van der Waals surface area contributed by atoms with E-state index in [0.29, 0.717) is 12.4 Å². The summed E-state index contributed by atoms with van der Waals surface area (Å²) >= 11 is 9.03. The molecule has 0 saturated heterocycles. The molecule has 0 aliphatic rings. The second kappa shape index (κ2) is 6.47. The van der Waals surface area contributed by atoms with Gasteiger partial charge in [-0.1, -0.05) is 5.21 Å². The highest BCUT2D eigenvalue weighted by Crippen LogP contribution is 2.25. The molecule has 20 heavy (non-hydrogen) atoms. The molecule has 0 aliphatic heterocycles. The van der Waals surface area contributed by atoms with E-state index < -0.39 is 0 Å². The Morgan fingerprint density at radius 3 is 3.00 bits per heavy atom. The molecule has 0 N–H and O–H groups in total. The number of alkyl halides is 1. The number of nitrogens with zero attached hydrogens (tertiary/aromatic N) is 4. The van der Waals surface area contributed by atoms with Crippen molar-refractivity contribution >= 4 is 34.3 Å². The van der Waals surface area contributed by atoms with Gasteiger partial charge in [0.05, 0.1) is 17.9 Å². The maximum atomic E-state index is 5.68. The zero-order valence-corrected chi connectivity index (χ0v) is 13.1. The standard InChI is InChI=1S/C13H13ClN4S2/c14-4-1-2-11-6-18(17-16-11)7-12-9-20-13(15-12)10-3-5-19-8-10/h3,5-6,8-9H,1-2,4,7H2. The van der Waals surface area contributed by atoms with Crippen LogP contribution < -0.4 is 0 Å². The third-order valence-corrected chi connectivity index (χ3v) is 4.69. The number of thiophene rings is 1. The van der Waals surface area contributed by atoms with Gasteiger partial charge in [-0.25, -0.2) is 9.67 Å². The predicted molar refractivity (Wildman–Crippen MR) is 83.6 cm³/mol. The summed E-state index contributed by atoms with van der Waals surface area (Å²) < 4.78 is 1.83. The van der Waals surface area contributed by atoms with Crippen LogP contribution in [0.4, 0.5) is 0 Å². The average Bonchev–Trinajstić information content (AvgIpc) is 3.18. The molecule has 0 saturated carbocycles. The minimum atomic E-state index is 0.656. The third kappa shape index (κ3) is 3.26. The predicted octanol–water partition coefficient (Wildman–Crippen LogP) is 3.68. The molecule has 0 amide bonds. The van der Waals surface area contributed by atoms with E-state index in [2.05, 4.69) is 37.5 Å². The summed E-state index contributed by atoms with van der Waals surface area (Å²) in [7, 11) is 0. The van der Waals surface area contributed by atoms with E-state index in [1.54, 1.807) is 22.7 Å². The van der Waals surface area contributed by atoms with Gasteiger partial charge in [0.2, 0.25) is 0 Å². The first-order valence-electron chi connectivity index (χ1n) is 6.27. The molecular weight excluding hydrogens is 312 g/mol. The lowest BCUT2D eigenvalue weighted by atomic mass is 10.3. The second-order valence-corrected chi connectivity index (χ2v) is 6.37. The van der Waals surface area contributed by atoms with Gasteiger partial charge < -0.3 is 0 Å². The second-order valence-electron chi connectivity index (χ2n) is 4.36. The summed E-state index contributed by atoms with van der Waals surface area (Å²) in [6.45, 7) is 0.661. The van der Waals surface area contributed by atoms with E-state index in [-0.39, 0.29) is 0 Å². The number of thiazole rings is 1. The number of hydrogen-bond donors (Lipinski definition) is 0. The first kappa shape index (κ1) is 13.7. The molecule has 3 aromatic heterocycles. The zero-order chi connectivity index (χ0) is 13.8. The van der Waals surface area contributed by atoms with Crippen LogP contribution in [0.15, 0.2) is 28.4 Å². The van der Waals surface area contributed by atoms with Crippen molar-refractivity contribution in [3.63, 3.8) is 0 Å². The van der Waals surface area contributed by atoms with Crippen LogP contribution in [-0.2, 0) is 13.0 Å². The van der Waals surface area contributed by atoms with Crippen LogP contribution in [0.3, 0.4) is 0 Å². The smallest absolute Gasteiger partial charge is 0.124 e. The highest BCUT2D eigenvalue weighted by Gasteiger charge is 2.07. The summed E-state index contributed by atoms with van der Waals surface area (Å²) in [6.07, 6.45) is 3.77. The van der Waals surface area contributed by atoms with E-state index in [1.807, 2.05) is 10.9 Å². The Kier molecular flexibility index (Phi) is 4.44. The normalized spacial score (nSPS) is 11.1. The van der Waals surface area contributed by atoms with Crippen LogP contribution in [0.25, 0.3) is 10.6 Å². The van der Waals surface area contributed by atoms with Gasteiger partial charge in [0.15, 0.2) is 0 Å². The topological polar surface area (TPSA) is 43.6 Å². The molecule has 0 spiro atoms. The van der Waals surface area contributed by atoms with E-state index in [9.17, 15) is 0 Å². The number of aryl methyl sites for hydroxylation is 1. The van der Waals surface area contributed by atoms with Crippen molar-refractivity contribution in [2.24, 2.45) is 0 Å². The molecule has 0 radical (unpaired) electrons. The highest BCUT2D eigenvalue weighted by atomic mass is 35.5. The van der Waals surface area contributed by atoms with E-state index in [0.717, 1.165) is 29.2 Å². The van der Waals surface area contributed by atoms with Gasteiger partial charge in [-0.2, -0.15) is 11.3 Å². The molecule has 4 nitrogen and oxygen atoms in total. The van der Waals surface area contributed by atoms with Crippen molar-refractivity contribution in [3.8, 4) is 10.6 Å². The van der Waals surface area contributed by atoms with Crippen LogP contribution in [0.1, 0.15) is 17.8 Å². The maximum absolute atomic E-state index is 5.68. The number of aromatic nitrogens is 4. The molecule has 0 aliphatic carbocycles. The van der Waals surface area contributed by atoms with Crippen molar-refractivity contribution in [2.45, 2.75) is 19.4 Å². The first-order valence-corrected chi connectivity index (χ1v) is 8.63. The number of halogens is 1. The quantitative estimate of drug-likeness (QED) is 0.650. The molecule has 3 aromatic rings. The van der Waals surface area contributed by atoms with Crippen molar-refractivity contribution in [1.82, 2.24) is 20.0 Å². The van der Waals surface area contributed by atoms with Gasteiger partial charge in [0, 0.05) is 28.4 Å². The van der Waals surface area contributed by atoms with Gasteiger partial charge in [0.25, 0.3) is 0 Å². The van der Waals surface area contributed by atoms with Gasteiger partial charge in [-0.05, 0) is 24.3 Å². The van der Waals surface area contributed by atoms with Crippen molar-refractivity contribution < 1.29 is 0 Å². The van der Waals surface area contributed by atoms with Crippen molar-refractivity contribution in [1.29, 1.82) is 0 Å². The molecule has 0 bridgehead atoms. The summed E-state index contributed by atoms with van der Waals surface area (Å²) in [4.78, 5) is 4.63. The van der Waals surface area contributed by atoms with Crippen LogP contribution in [0.5, 0.6) is 0 Å². The molecular formula is C13H13ClN4S2. The molecule has 3 rings (SSSR count). The Hall–Kier alpha value is -1.24. The fourth-order valence-electron chi connectivity index (χ4n) is 1.84. The number of rotatable bonds is 6. The Balaban J connectivity index is 1.67. The minimum Gasteiger partial charge on any atom is -0.246 e. The highest BCUT2D eigenvalue weighted by molar-refractivity contribution is 7.14. The van der Waals surface area contributed by atoms with E-state index in [1.165, 1.54) is 5.56 Å². The van der Waals surface area contributed by atoms with Crippen LogP contribution in [0.2, 0.25) is 0 Å². The van der Waals surface area contributed by atoms with E-state index >= 15 is 0 Å². The van der Waals surface area contributed by atoms with Gasteiger partial charge in [0.1, 0.15) is 5.01 Å². The molecule has 0 fully saturated rings. The summed E-state index contributed by atoms with van der Waals surface area (Å²) in [5, 5.41) is 15.6. The molecule has 0 aromatic carbocycles. The first-order chi connectivity index (χ1) is 9.85. The fourth-order valence-corrected chi connectivity index (χ4v) is 3.50. The van der Waals surface area contributed by atoms with Crippen LogP contribution in [-0.4, -0.2) is 25.9 Å². The van der Waals surface area contributed by atoms with Crippen LogP contribution >= 0.6 is 34.3 Å². The Labute approximate surface area is 130 Å². The summed E-state index contributed by atoms with van der Waals surface area (Å²) in [6, 6.07) is 2.09. The minimum absolute atomic E-state index is 0.656. The molecule has 0 unspecified atom stereocenters. The maximum Gasteiger partial charge on any atom is 0.124 e.